The van der Waals surface area contributed by atoms with Crippen LogP contribution in [0.1, 0.15) is 10.4 Å². The van der Waals surface area contributed by atoms with Gasteiger partial charge in [-0.05, 0) is 46.3 Å². The number of carbonyl (C=O) groups excluding carboxylic acids is 1. The van der Waals surface area contributed by atoms with Gasteiger partial charge in [-0.1, -0.05) is 17.7 Å². The van der Waals surface area contributed by atoms with Crippen LogP contribution in [0.5, 0.6) is 0 Å². The number of aromatic nitrogens is 2. The molecule has 26 heavy (non-hydrogen) atoms. The predicted octanol–water partition coefficient (Wildman–Crippen LogP) is 4.19. The van der Waals surface area contributed by atoms with Gasteiger partial charge in [-0.15, -0.1) is 0 Å². The number of hydrogen-bond acceptors (Lipinski definition) is 4. The highest BCUT2D eigenvalue weighted by atomic mass is 79.9. The predicted molar refractivity (Wildman–Crippen MR) is 104 cm³/mol. The molecule has 0 atom stereocenters. The Hall–Kier alpha value is -2.02. The smallest absolute Gasteiger partial charge is 0.254 e. The summed E-state index contributed by atoms with van der Waals surface area (Å²) >= 11 is 9.48. The van der Waals surface area contributed by atoms with Crippen molar-refractivity contribution in [2.45, 2.75) is 0 Å². The standard InChI is InChI=1S/C19H15BrClN3O2/c20-18-4-1-12(11-22-18)16-10-15(19(25)24-5-7-26-8-6-24)14-3-2-13(21)9-17(14)23-16/h1-4,9-11H,5-8H2. The van der Waals surface area contributed by atoms with Crippen molar-refractivity contribution in [2.24, 2.45) is 0 Å². The summed E-state index contributed by atoms with van der Waals surface area (Å²) in [6, 6.07) is 11.0. The number of morpholine rings is 1. The van der Waals surface area contributed by atoms with Crippen LogP contribution in [0.25, 0.3) is 22.2 Å². The number of ether oxygens (including phenoxy) is 1. The molecule has 1 amide bonds. The average molecular weight is 433 g/mol. The molecule has 0 spiro atoms. The molecule has 4 rings (SSSR count). The molecule has 5 nitrogen and oxygen atoms in total. The minimum atomic E-state index is -0.0191. The SMILES string of the molecule is O=C(c1cc(-c2ccc(Br)nc2)nc2cc(Cl)ccc12)N1CCOCC1. The van der Waals surface area contributed by atoms with Crippen LogP contribution in [0.15, 0.2) is 47.2 Å². The molecule has 1 saturated heterocycles. The van der Waals surface area contributed by atoms with Crippen molar-refractivity contribution in [1.29, 1.82) is 0 Å². The van der Waals surface area contributed by atoms with Gasteiger partial charge >= 0.3 is 0 Å². The molecule has 0 saturated carbocycles. The summed E-state index contributed by atoms with van der Waals surface area (Å²) < 4.78 is 6.10. The molecule has 0 N–H and O–H groups in total. The van der Waals surface area contributed by atoms with Crippen molar-refractivity contribution < 1.29 is 9.53 Å². The van der Waals surface area contributed by atoms with Crippen molar-refractivity contribution in [1.82, 2.24) is 14.9 Å². The van der Waals surface area contributed by atoms with Gasteiger partial charge in [0.05, 0.1) is 30.0 Å². The Morgan fingerprint density at radius 3 is 2.69 bits per heavy atom. The third kappa shape index (κ3) is 3.45. The van der Waals surface area contributed by atoms with Crippen molar-refractivity contribution in [2.75, 3.05) is 26.3 Å². The van der Waals surface area contributed by atoms with Gasteiger partial charge in [0.25, 0.3) is 5.91 Å². The van der Waals surface area contributed by atoms with E-state index in [1.165, 1.54) is 0 Å². The van der Waals surface area contributed by atoms with E-state index in [1.54, 1.807) is 18.3 Å². The number of halogens is 2. The number of carbonyl (C=O) groups is 1. The zero-order chi connectivity index (χ0) is 18.1. The van der Waals surface area contributed by atoms with Crippen LogP contribution in [0.3, 0.4) is 0 Å². The average Bonchev–Trinajstić information content (AvgIpc) is 2.67. The molecule has 7 heteroatoms. The van der Waals surface area contributed by atoms with E-state index in [1.807, 2.05) is 29.2 Å². The van der Waals surface area contributed by atoms with Gasteiger partial charge in [-0.3, -0.25) is 4.79 Å². The second-order valence-electron chi connectivity index (χ2n) is 5.99. The lowest BCUT2D eigenvalue weighted by Crippen LogP contribution is -2.40. The van der Waals surface area contributed by atoms with Crippen molar-refractivity contribution in [3.8, 4) is 11.3 Å². The van der Waals surface area contributed by atoms with Gasteiger partial charge in [-0.25, -0.2) is 9.97 Å². The van der Waals surface area contributed by atoms with Crippen LogP contribution in [0, 0.1) is 0 Å². The molecular formula is C19H15BrClN3O2. The van der Waals surface area contributed by atoms with Gasteiger partial charge in [0, 0.05) is 35.3 Å². The number of rotatable bonds is 2. The molecule has 3 heterocycles. The minimum absolute atomic E-state index is 0.0191. The Kier molecular flexibility index (Phi) is 4.89. The molecule has 0 bridgehead atoms. The summed E-state index contributed by atoms with van der Waals surface area (Å²) in [6.07, 6.45) is 1.73. The van der Waals surface area contributed by atoms with Crippen molar-refractivity contribution in [3.63, 3.8) is 0 Å². The zero-order valence-corrected chi connectivity index (χ0v) is 16.1. The topological polar surface area (TPSA) is 55.3 Å². The van der Waals surface area contributed by atoms with E-state index in [-0.39, 0.29) is 5.91 Å². The van der Waals surface area contributed by atoms with Gasteiger partial charge in [0.2, 0.25) is 0 Å². The summed E-state index contributed by atoms with van der Waals surface area (Å²) in [7, 11) is 0. The molecule has 132 valence electrons. The first-order valence-corrected chi connectivity index (χ1v) is 9.38. The summed E-state index contributed by atoms with van der Waals surface area (Å²) in [5, 5.41) is 1.38. The number of nitrogens with zero attached hydrogens (tertiary/aromatic N) is 3. The first-order chi connectivity index (χ1) is 12.6. The van der Waals surface area contributed by atoms with Crippen LogP contribution >= 0.6 is 27.5 Å². The normalized spacial score (nSPS) is 14.6. The molecule has 0 unspecified atom stereocenters. The summed E-state index contributed by atoms with van der Waals surface area (Å²) in [5.74, 6) is -0.0191. The fourth-order valence-electron chi connectivity index (χ4n) is 2.99. The molecule has 0 aliphatic carbocycles. The monoisotopic (exact) mass is 431 g/mol. The number of hydrogen-bond donors (Lipinski definition) is 0. The van der Waals surface area contributed by atoms with E-state index in [2.05, 4.69) is 25.9 Å². The van der Waals surface area contributed by atoms with Crippen LogP contribution in [-0.2, 0) is 4.74 Å². The van der Waals surface area contributed by atoms with Gasteiger partial charge < -0.3 is 9.64 Å². The van der Waals surface area contributed by atoms with Crippen molar-refractivity contribution in [3.05, 3.63) is 57.8 Å². The van der Waals surface area contributed by atoms with E-state index in [0.29, 0.717) is 48.1 Å². The second kappa shape index (κ2) is 7.31. The second-order valence-corrected chi connectivity index (χ2v) is 7.24. The zero-order valence-electron chi connectivity index (χ0n) is 13.8. The first kappa shape index (κ1) is 17.4. The van der Waals surface area contributed by atoms with Gasteiger partial charge in [0.1, 0.15) is 4.60 Å². The Labute approximate surface area is 164 Å². The Balaban J connectivity index is 1.86. The molecule has 0 radical (unpaired) electrons. The highest BCUT2D eigenvalue weighted by molar-refractivity contribution is 9.10. The lowest BCUT2D eigenvalue weighted by atomic mass is 10.0. The summed E-state index contributed by atoms with van der Waals surface area (Å²) in [5.41, 5.74) is 2.84. The molecule has 1 fully saturated rings. The molecular weight excluding hydrogens is 418 g/mol. The van der Waals surface area contributed by atoms with E-state index < -0.39 is 0 Å². The lowest BCUT2D eigenvalue weighted by molar-refractivity contribution is 0.0304. The van der Waals surface area contributed by atoms with Crippen LogP contribution < -0.4 is 0 Å². The molecule has 1 aliphatic rings. The number of benzene rings is 1. The maximum absolute atomic E-state index is 13.1. The number of pyridine rings is 2. The Bertz CT molecular complexity index is 972. The van der Waals surface area contributed by atoms with Gasteiger partial charge in [0.15, 0.2) is 0 Å². The third-order valence-electron chi connectivity index (χ3n) is 4.32. The lowest BCUT2D eigenvalue weighted by Gasteiger charge is -2.27. The first-order valence-electron chi connectivity index (χ1n) is 8.21. The number of amides is 1. The summed E-state index contributed by atoms with van der Waals surface area (Å²) in [6.45, 7) is 2.30. The van der Waals surface area contributed by atoms with Crippen molar-refractivity contribution >= 4 is 44.3 Å². The maximum Gasteiger partial charge on any atom is 0.254 e. The number of fused-ring (bicyclic) bond motifs is 1. The molecule has 1 aromatic carbocycles. The van der Waals surface area contributed by atoms with Crippen LogP contribution in [0.4, 0.5) is 0 Å². The largest absolute Gasteiger partial charge is 0.378 e. The maximum atomic E-state index is 13.1. The van der Waals surface area contributed by atoms with Crippen LogP contribution in [0.2, 0.25) is 5.02 Å². The Morgan fingerprint density at radius 1 is 1.15 bits per heavy atom. The fourth-order valence-corrected chi connectivity index (χ4v) is 3.39. The molecule has 3 aromatic rings. The van der Waals surface area contributed by atoms with E-state index in [0.717, 1.165) is 15.6 Å². The van der Waals surface area contributed by atoms with E-state index in [9.17, 15) is 4.79 Å². The van der Waals surface area contributed by atoms with E-state index >= 15 is 0 Å². The third-order valence-corrected chi connectivity index (χ3v) is 5.03. The molecule has 1 aliphatic heterocycles. The highest BCUT2D eigenvalue weighted by Crippen LogP contribution is 2.28. The van der Waals surface area contributed by atoms with Gasteiger partial charge in [-0.2, -0.15) is 0 Å². The Morgan fingerprint density at radius 2 is 1.96 bits per heavy atom. The summed E-state index contributed by atoms with van der Waals surface area (Å²) in [4.78, 5) is 23.9. The van der Waals surface area contributed by atoms with Crippen LogP contribution in [-0.4, -0.2) is 47.1 Å². The van der Waals surface area contributed by atoms with E-state index in [4.69, 9.17) is 16.3 Å². The fraction of sp³-hybridized carbons (Fsp3) is 0.211. The highest BCUT2D eigenvalue weighted by Gasteiger charge is 2.22. The quantitative estimate of drug-likeness (QED) is 0.570. The molecule has 2 aromatic heterocycles. The minimum Gasteiger partial charge on any atom is -0.378 e.